The average Bonchev–Trinajstić information content (AvgIpc) is 3.14. The van der Waals surface area contributed by atoms with Crippen LogP contribution in [0, 0.1) is 6.92 Å². The third-order valence-electron chi connectivity index (χ3n) is 3.82. The van der Waals surface area contributed by atoms with Gasteiger partial charge >= 0.3 is 0 Å². The molecule has 0 saturated heterocycles. The fourth-order valence-electron chi connectivity index (χ4n) is 2.76. The van der Waals surface area contributed by atoms with Gasteiger partial charge in [-0.3, -0.25) is 9.78 Å². The molecule has 2 N–H and O–H groups in total. The Hall–Kier alpha value is -2.36. The van der Waals surface area contributed by atoms with Crippen LogP contribution in [0.1, 0.15) is 36.2 Å². The number of pyridine rings is 1. The van der Waals surface area contributed by atoms with E-state index in [9.17, 15) is 4.79 Å². The highest BCUT2D eigenvalue weighted by atomic mass is 16.1. The zero-order valence-electron chi connectivity index (χ0n) is 12.1. The smallest absolute Gasteiger partial charge is 0.247 e. The monoisotopic (exact) mass is 281 g/mol. The van der Waals surface area contributed by atoms with Crippen LogP contribution in [0.5, 0.6) is 0 Å². The molecule has 1 aliphatic carbocycles. The molecule has 108 valence electrons. The highest BCUT2D eigenvalue weighted by Gasteiger charge is 2.22. The first-order valence-electron chi connectivity index (χ1n) is 7.29. The molecule has 1 aliphatic rings. The van der Waals surface area contributed by atoms with Gasteiger partial charge in [0.25, 0.3) is 0 Å². The predicted molar refractivity (Wildman–Crippen MR) is 82.4 cm³/mol. The van der Waals surface area contributed by atoms with Crippen LogP contribution < -0.4 is 5.32 Å². The quantitative estimate of drug-likeness (QED) is 0.905. The molecule has 21 heavy (non-hydrogen) atoms. The molecule has 0 fully saturated rings. The van der Waals surface area contributed by atoms with Crippen LogP contribution in [-0.4, -0.2) is 15.9 Å². The number of aromatic nitrogens is 2. The van der Waals surface area contributed by atoms with Crippen molar-refractivity contribution in [1.82, 2.24) is 15.3 Å². The van der Waals surface area contributed by atoms with Crippen LogP contribution >= 0.6 is 0 Å². The molecule has 0 bridgehead atoms. The normalized spacial score (nSPS) is 14.5. The SMILES string of the molecule is Cc1ccc(C2=C(C(=O)NCc3cccnc3)CCC2)[nH]1. The van der Waals surface area contributed by atoms with E-state index < -0.39 is 0 Å². The topological polar surface area (TPSA) is 57.8 Å². The van der Waals surface area contributed by atoms with Gasteiger partial charge in [0.15, 0.2) is 0 Å². The molecule has 4 heteroatoms. The molecular formula is C17H19N3O. The molecular weight excluding hydrogens is 262 g/mol. The van der Waals surface area contributed by atoms with E-state index in [1.165, 1.54) is 0 Å². The van der Waals surface area contributed by atoms with Gasteiger partial charge in [0.2, 0.25) is 5.91 Å². The van der Waals surface area contributed by atoms with Crippen LogP contribution in [0.3, 0.4) is 0 Å². The molecule has 2 heterocycles. The number of carbonyl (C=O) groups is 1. The summed E-state index contributed by atoms with van der Waals surface area (Å²) in [6.45, 7) is 2.55. The van der Waals surface area contributed by atoms with Crippen LogP contribution in [0.4, 0.5) is 0 Å². The van der Waals surface area contributed by atoms with Gasteiger partial charge in [0.05, 0.1) is 0 Å². The zero-order valence-corrected chi connectivity index (χ0v) is 12.1. The van der Waals surface area contributed by atoms with E-state index in [1.54, 1.807) is 12.4 Å². The van der Waals surface area contributed by atoms with Gasteiger partial charge in [-0.05, 0) is 55.5 Å². The second-order valence-electron chi connectivity index (χ2n) is 5.41. The Morgan fingerprint density at radius 3 is 2.95 bits per heavy atom. The van der Waals surface area contributed by atoms with Crippen LogP contribution in [0.2, 0.25) is 0 Å². The van der Waals surface area contributed by atoms with Gasteiger partial charge < -0.3 is 10.3 Å². The molecule has 0 spiro atoms. The number of hydrogen-bond donors (Lipinski definition) is 2. The van der Waals surface area contributed by atoms with E-state index in [0.717, 1.165) is 47.4 Å². The Labute approximate surface area is 124 Å². The molecule has 0 radical (unpaired) electrons. The molecule has 2 aromatic rings. The number of nitrogens with one attached hydrogen (secondary N) is 2. The Bertz CT molecular complexity index is 670. The molecule has 0 atom stereocenters. The number of aryl methyl sites for hydroxylation is 1. The van der Waals surface area contributed by atoms with Crippen molar-refractivity contribution in [2.75, 3.05) is 0 Å². The van der Waals surface area contributed by atoms with Gasteiger partial charge in [0.1, 0.15) is 0 Å². The van der Waals surface area contributed by atoms with E-state index in [1.807, 2.05) is 25.1 Å². The lowest BCUT2D eigenvalue weighted by molar-refractivity contribution is -0.117. The minimum atomic E-state index is 0.0404. The first-order chi connectivity index (χ1) is 10.2. The summed E-state index contributed by atoms with van der Waals surface area (Å²) in [6, 6.07) is 7.95. The summed E-state index contributed by atoms with van der Waals surface area (Å²) in [6.07, 6.45) is 6.37. The fraction of sp³-hybridized carbons (Fsp3) is 0.294. The number of aromatic amines is 1. The zero-order chi connectivity index (χ0) is 14.7. The maximum Gasteiger partial charge on any atom is 0.247 e. The highest BCUT2D eigenvalue weighted by molar-refractivity contribution is 6.01. The first-order valence-corrected chi connectivity index (χ1v) is 7.29. The molecule has 0 aromatic carbocycles. The molecule has 2 aromatic heterocycles. The second-order valence-corrected chi connectivity index (χ2v) is 5.41. The Morgan fingerprint density at radius 1 is 1.33 bits per heavy atom. The van der Waals surface area contributed by atoms with Crippen LogP contribution in [0.15, 0.2) is 42.2 Å². The van der Waals surface area contributed by atoms with Crippen molar-refractivity contribution in [2.24, 2.45) is 0 Å². The van der Waals surface area contributed by atoms with Crippen molar-refractivity contribution in [3.63, 3.8) is 0 Å². The summed E-state index contributed by atoms with van der Waals surface area (Å²) in [5, 5.41) is 3.00. The minimum absolute atomic E-state index is 0.0404. The molecule has 3 rings (SSSR count). The van der Waals surface area contributed by atoms with Gasteiger partial charge in [-0.1, -0.05) is 6.07 Å². The van der Waals surface area contributed by atoms with Crippen molar-refractivity contribution >= 4 is 11.5 Å². The lowest BCUT2D eigenvalue weighted by atomic mass is 10.1. The van der Waals surface area contributed by atoms with E-state index in [0.29, 0.717) is 6.54 Å². The standard InChI is InChI=1S/C17H19N3O/c1-12-7-8-16(20-12)14-5-2-6-15(14)17(21)19-11-13-4-3-9-18-10-13/h3-4,7-10,20H,2,5-6,11H2,1H3,(H,19,21). The first kappa shape index (κ1) is 13.6. The maximum atomic E-state index is 12.4. The van der Waals surface area contributed by atoms with E-state index in [4.69, 9.17) is 0 Å². The number of carbonyl (C=O) groups excluding carboxylic acids is 1. The van der Waals surface area contributed by atoms with Gasteiger partial charge in [-0.2, -0.15) is 0 Å². The predicted octanol–water partition coefficient (Wildman–Crippen LogP) is 2.97. The third-order valence-corrected chi connectivity index (χ3v) is 3.82. The van der Waals surface area contributed by atoms with Crippen molar-refractivity contribution in [1.29, 1.82) is 0 Å². The Kier molecular flexibility index (Phi) is 3.86. The van der Waals surface area contributed by atoms with Crippen molar-refractivity contribution < 1.29 is 4.79 Å². The van der Waals surface area contributed by atoms with Gasteiger partial charge in [0, 0.05) is 35.9 Å². The summed E-state index contributed by atoms with van der Waals surface area (Å²) >= 11 is 0. The summed E-state index contributed by atoms with van der Waals surface area (Å²) in [5.74, 6) is 0.0404. The number of allylic oxidation sites excluding steroid dienone is 1. The summed E-state index contributed by atoms with van der Waals surface area (Å²) in [7, 11) is 0. The van der Waals surface area contributed by atoms with E-state index >= 15 is 0 Å². The van der Waals surface area contributed by atoms with Crippen molar-refractivity contribution in [3.8, 4) is 0 Å². The number of H-pyrrole nitrogens is 1. The molecule has 0 unspecified atom stereocenters. The van der Waals surface area contributed by atoms with Crippen molar-refractivity contribution in [3.05, 3.63) is 59.2 Å². The highest BCUT2D eigenvalue weighted by Crippen LogP contribution is 2.33. The summed E-state index contributed by atoms with van der Waals surface area (Å²) < 4.78 is 0. The minimum Gasteiger partial charge on any atom is -0.359 e. The molecule has 4 nitrogen and oxygen atoms in total. The number of amides is 1. The molecule has 0 saturated carbocycles. The maximum absolute atomic E-state index is 12.4. The Morgan fingerprint density at radius 2 is 2.24 bits per heavy atom. The van der Waals surface area contributed by atoms with E-state index in [2.05, 4.69) is 21.4 Å². The molecule has 0 aliphatic heterocycles. The summed E-state index contributed by atoms with van der Waals surface area (Å²) in [5.41, 5.74) is 5.30. The third kappa shape index (κ3) is 3.05. The second kappa shape index (κ2) is 5.95. The number of rotatable bonds is 4. The average molecular weight is 281 g/mol. The number of nitrogens with zero attached hydrogens (tertiary/aromatic N) is 1. The summed E-state index contributed by atoms with van der Waals surface area (Å²) in [4.78, 5) is 19.8. The Balaban J connectivity index is 1.73. The van der Waals surface area contributed by atoms with Gasteiger partial charge in [-0.25, -0.2) is 0 Å². The van der Waals surface area contributed by atoms with Crippen LogP contribution in [0.25, 0.3) is 5.57 Å². The lowest BCUT2D eigenvalue weighted by Gasteiger charge is -2.08. The van der Waals surface area contributed by atoms with E-state index in [-0.39, 0.29) is 5.91 Å². The fourth-order valence-corrected chi connectivity index (χ4v) is 2.76. The lowest BCUT2D eigenvalue weighted by Crippen LogP contribution is -2.24. The molecule has 1 amide bonds. The number of hydrogen-bond acceptors (Lipinski definition) is 2. The van der Waals surface area contributed by atoms with Crippen LogP contribution in [-0.2, 0) is 11.3 Å². The van der Waals surface area contributed by atoms with Gasteiger partial charge in [-0.15, -0.1) is 0 Å². The largest absolute Gasteiger partial charge is 0.359 e. The van der Waals surface area contributed by atoms with Crippen molar-refractivity contribution in [2.45, 2.75) is 32.7 Å².